The summed E-state index contributed by atoms with van der Waals surface area (Å²) in [7, 11) is 0. The average molecular weight is 452 g/mol. The van der Waals surface area contributed by atoms with Gasteiger partial charge in [0.2, 0.25) is 11.7 Å². The molecule has 8 nitrogen and oxygen atoms in total. The highest BCUT2D eigenvalue weighted by atomic mass is 19.4. The third-order valence-electron chi connectivity index (χ3n) is 5.91. The predicted octanol–water partition coefficient (Wildman–Crippen LogP) is 2.77. The molecule has 0 radical (unpaired) electrons. The Morgan fingerprint density at radius 2 is 2.06 bits per heavy atom. The first kappa shape index (κ1) is 22.3. The van der Waals surface area contributed by atoms with Crippen LogP contribution in [0, 0.1) is 5.92 Å². The van der Waals surface area contributed by atoms with E-state index < -0.39 is 24.2 Å². The molecule has 1 saturated carbocycles. The van der Waals surface area contributed by atoms with E-state index in [2.05, 4.69) is 20.0 Å². The van der Waals surface area contributed by atoms with Crippen LogP contribution in [0.25, 0.3) is 11.4 Å². The summed E-state index contributed by atoms with van der Waals surface area (Å²) in [6.45, 7) is 3.84. The van der Waals surface area contributed by atoms with Gasteiger partial charge in [0.25, 0.3) is 5.91 Å². The summed E-state index contributed by atoms with van der Waals surface area (Å²) in [5, 5.41) is 16.4. The first-order valence-electron chi connectivity index (χ1n) is 10.4. The maximum absolute atomic E-state index is 13.2. The zero-order chi connectivity index (χ0) is 23.2. The number of hydrogen-bond donors (Lipinski definition) is 2. The molecule has 1 unspecified atom stereocenters. The van der Waals surface area contributed by atoms with Crippen LogP contribution in [0.4, 0.5) is 13.2 Å². The fraction of sp³-hybridized carbons (Fsp3) is 0.524. The maximum Gasteiger partial charge on any atom is 0.471 e. The number of nitrogens with zero attached hydrogens (tertiary/aromatic N) is 3. The van der Waals surface area contributed by atoms with Crippen LogP contribution in [0.2, 0.25) is 0 Å². The lowest BCUT2D eigenvalue weighted by Crippen LogP contribution is -2.56. The molecule has 1 aromatic carbocycles. The number of halogens is 3. The van der Waals surface area contributed by atoms with Gasteiger partial charge in [-0.15, -0.1) is 0 Å². The minimum atomic E-state index is -4.75. The highest BCUT2D eigenvalue weighted by Crippen LogP contribution is 2.34. The van der Waals surface area contributed by atoms with Gasteiger partial charge in [0.15, 0.2) is 0 Å². The van der Waals surface area contributed by atoms with Crippen molar-refractivity contribution < 1.29 is 32.4 Å². The number of fused-ring (bicyclic) bond motifs is 1. The molecule has 2 N–H and O–H groups in total. The van der Waals surface area contributed by atoms with Crippen LogP contribution < -0.4 is 5.32 Å². The third-order valence-corrected chi connectivity index (χ3v) is 5.91. The van der Waals surface area contributed by atoms with Crippen molar-refractivity contribution in [2.75, 3.05) is 0 Å². The minimum absolute atomic E-state index is 0.155. The molecule has 1 fully saturated rings. The zero-order valence-corrected chi connectivity index (χ0v) is 17.5. The van der Waals surface area contributed by atoms with Gasteiger partial charge in [0, 0.05) is 23.6 Å². The summed E-state index contributed by atoms with van der Waals surface area (Å²) in [4.78, 5) is 30.5. The van der Waals surface area contributed by atoms with E-state index in [1.807, 2.05) is 0 Å². The Kier molecular flexibility index (Phi) is 5.70. The van der Waals surface area contributed by atoms with Crippen molar-refractivity contribution in [1.29, 1.82) is 0 Å². The lowest BCUT2D eigenvalue weighted by Gasteiger charge is -2.40. The Morgan fingerprint density at radius 1 is 1.31 bits per heavy atom. The van der Waals surface area contributed by atoms with E-state index in [-0.39, 0.29) is 35.2 Å². The Morgan fingerprint density at radius 3 is 2.72 bits per heavy atom. The SMILES string of the molecule is CC(C)C(=O)N[C@@H]1CC(O)CC[C@H]1N1Cc2ccc(-c3noc(C(F)(F)F)n3)cc2C1=O. The molecule has 4 rings (SSSR count). The van der Waals surface area contributed by atoms with Gasteiger partial charge >= 0.3 is 12.1 Å². The molecule has 0 spiro atoms. The normalized spacial score (nSPS) is 23.5. The number of carbonyl (C=O) groups is 2. The van der Waals surface area contributed by atoms with Crippen LogP contribution >= 0.6 is 0 Å². The molecule has 172 valence electrons. The molecule has 0 bridgehead atoms. The number of hydrogen-bond acceptors (Lipinski definition) is 6. The van der Waals surface area contributed by atoms with Gasteiger partial charge in [-0.1, -0.05) is 31.1 Å². The van der Waals surface area contributed by atoms with E-state index >= 15 is 0 Å². The van der Waals surface area contributed by atoms with Gasteiger partial charge in [0.1, 0.15) is 0 Å². The van der Waals surface area contributed by atoms with Gasteiger partial charge in [-0.3, -0.25) is 9.59 Å². The van der Waals surface area contributed by atoms with Crippen LogP contribution in [-0.2, 0) is 17.5 Å². The third kappa shape index (κ3) is 4.21. The molecule has 11 heteroatoms. The summed E-state index contributed by atoms with van der Waals surface area (Å²) in [6, 6.07) is 3.97. The molecule has 0 saturated heterocycles. The molecule has 1 aliphatic heterocycles. The maximum atomic E-state index is 13.2. The molecular weight excluding hydrogens is 429 g/mol. The summed E-state index contributed by atoms with van der Waals surface area (Å²) in [5.41, 5.74) is 1.31. The van der Waals surface area contributed by atoms with Crippen LogP contribution in [0.1, 0.15) is 54.9 Å². The first-order valence-corrected chi connectivity index (χ1v) is 10.4. The van der Waals surface area contributed by atoms with Gasteiger partial charge in [-0.2, -0.15) is 18.2 Å². The lowest BCUT2D eigenvalue weighted by atomic mass is 9.87. The lowest BCUT2D eigenvalue weighted by molar-refractivity contribution is -0.159. The number of nitrogens with one attached hydrogen (secondary N) is 1. The highest BCUT2D eigenvalue weighted by molar-refractivity contribution is 5.99. The number of aliphatic hydroxyl groups is 1. The van der Waals surface area contributed by atoms with Crippen LogP contribution in [-0.4, -0.2) is 50.1 Å². The fourth-order valence-electron chi connectivity index (χ4n) is 4.20. The largest absolute Gasteiger partial charge is 0.471 e. The smallest absolute Gasteiger partial charge is 0.393 e. The monoisotopic (exact) mass is 452 g/mol. The summed E-state index contributed by atoms with van der Waals surface area (Å²) >= 11 is 0. The number of benzene rings is 1. The summed E-state index contributed by atoms with van der Waals surface area (Å²) in [5.74, 6) is -2.38. The molecular formula is C21H23F3N4O4. The second kappa shape index (κ2) is 8.19. The molecule has 1 aliphatic carbocycles. The van der Waals surface area contributed by atoms with E-state index in [1.54, 1.807) is 30.9 Å². The van der Waals surface area contributed by atoms with Gasteiger partial charge in [0.05, 0.1) is 18.2 Å². The highest BCUT2D eigenvalue weighted by Gasteiger charge is 2.41. The Bertz CT molecular complexity index is 1040. The number of rotatable bonds is 4. The Labute approximate surface area is 181 Å². The van der Waals surface area contributed by atoms with E-state index in [9.17, 15) is 27.9 Å². The van der Waals surface area contributed by atoms with Crippen molar-refractivity contribution in [1.82, 2.24) is 20.4 Å². The number of aliphatic hydroxyl groups excluding tert-OH is 1. The quantitative estimate of drug-likeness (QED) is 0.739. The molecule has 2 amide bonds. The Hall–Kier alpha value is -2.95. The van der Waals surface area contributed by atoms with E-state index in [1.165, 1.54) is 6.07 Å². The predicted molar refractivity (Wildman–Crippen MR) is 105 cm³/mol. The summed E-state index contributed by atoms with van der Waals surface area (Å²) in [6.07, 6.45) is -3.94. The van der Waals surface area contributed by atoms with E-state index in [0.717, 1.165) is 5.56 Å². The van der Waals surface area contributed by atoms with Crippen LogP contribution in [0.15, 0.2) is 22.7 Å². The van der Waals surface area contributed by atoms with Gasteiger partial charge < -0.3 is 19.8 Å². The average Bonchev–Trinajstić information content (AvgIpc) is 3.33. The first-order chi connectivity index (χ1) is 15.0. The number of aromatic nitrogens is 2. The van der Waals surface area contributed by atoms with Gasteiger partial charge in [-0.25, -0.2) is 0 Å². The number of amides is 2. The molecule has 3 atom stereocenters. The second-order valence-electron chi connectivity index (χ2n) is 8.53. The summed E-state index contributed by atoms with van der Waals surface area (Å²) < 4.78 is 42.5. The number of alkyl halides is 3. The van der Waals surface area contributed by atoms with Crippen molar-refractivity contribution in [3.63, 3.8) is 0 Å². The molecule has 1 aromatic heterocycles. The Balaban J connectivity index is 1.57. The van der Waals surface area contributed by atoms with Crippen molar-refractivity contribution in [3.8, 4) is 11.4 Å². The topological polar surface area (TPSA) is 109 Å². The molecule has 2 aromatic rings. The van der Waals surface area contributed by atoms with Crippen molar-refractivity contribution in [3.05, 3.63) is 35.2 Å². The molecule has 32 heavy (non-hydrogen) atoms. The zero-order valence-electron chi connectivity index (χ0n) is 17.5. The van der Waals surface area contributed by atoms with Gasteiger partial charge in [-0.05, 0) is 30.9 Å². The van der Waals surface area contributed by atoms with E-state index in [0.29, 0.717) is 31.4 Å². The minimum Gasteiger partial charge on any atom is -0.393 e. The molecule has 2 heterocycles. The van der Waals surface area contributed by atoms with Crippen molar-refractivity contribution in [2.45, 2.75) is 64.0 Å². The second-order valence-corrected chi connectivity index (χ2v) is 8.53. The number of carbonyl (C=O) groups excluding carboxylic acids is 2. The van der Waals surface area contributed by atoms with Crippen LogP contribution in [0.5, 0.6) is 0 Å². The van der Waals surface area contributed by atoms with E-state index in [4.69, 9.17) is 0 Å². The molecule has 2 aliphatic rings. The fourth-order valence-corrected chi connectivity index (χ4v) is 4.20. The standard InChI is InChI=1S/C21H23F3N4O4/c1-10(2)18(30)25-15-8-13(29)5-6-16(15)28-9-12-4-3-11(7-14(12)19(28)31)17-26-20(32-27-17)21(22,23)24/h3-4,7,10,13,15-16,29H,5-6,8-9H2,1-2H3,(H,25,30)/t13?,15-,16-/m1/s1. The van der Waals surface area contributed by atoms with Crippen molar-refractivity contribution >= 4 is 11.8 Å². The van der Waals surface area contributed by atoms with Crippen molar-refractivity contribution in [2.24, 2.45) is 5.92 Å². The van der Waals surface area contributed by atoms with Crippen LogP contribution in [0.3, 0.4) is 0 Å².